The smallest absolute Gasteiger partial charge is 0.0785 e. The van der Waals surface area contributed by atoms with Crippen molar-refractivity contribution in [2.24, 2.45) is 5.73 Å². The maximum Gasteiger partial charge on any atom is 0.0785 e. The van der Waals surface area contributed by atoms with Gasteiger partial charge in [-0.1, -0.05) is 31.7 Å². The van der Waals surface area contributed by atoms with Crippen LogP contribution >= 0.6 is 0 Å². The number of nitrogens with one attached hydrogen (secondary N) is 1. The van der Waals surface area contributed by atoms with Crippen molar-refractivity contribution in [1.29, 1.82) is 0 Å². The van der Waals surface area contributed by atoms with Crippen molar-refractivity contribution >= 4 is 0 Å². The molecule has 0 radical (unpaired) electrons. The number of benzene rings is 1. The zero-order chi connectivity index (χ0) is 8.97. The Hall–Kier alpha value is -0.860. The number of rotatable bonds is 3. The molecule has 0 spiro atoms. The first kappa shape index (κ1) is 12.1. The van der Waals surface area contributed by atoms with E-state index in [1.165, 1.54) is 16.0 Å². The summed E-state index contributed by atoms with van der Waals surface area (Å²) in [7, 11) is 5.91. The summed E-state index contributed by atoms with van der Waals surface area (Å²) < 4.78 is 0. The second-order valence-electron chi connectivity index (χ2n) is 3.15. The molecule has 0 fully saturated rings. The van der Waals surface area contributed by atoms with Gasteiger partial charge >= 0.3 is 0 Å². The molecule has 0 amide bonds. The Morgan fingerprint density at radius 3 is 2.15 bits per heavy atom. The second-order valence-corrected chi connectivity index (χ2v) is 3.15. The lowest BCUT2D eigenvalue weighted by molar-refractivity contribution is -0.846. The molecule has 0 saturated carbocycles. The van der Waals surface area contributed by atoms with Gasteiger partial charge in [-0.25, -0.2) is 0 Å². The van der Waals surface area contributed by atoms with Crippen LogP contribution in [0.4, 0.5) is 0 Å². The number of quaternary nitrogens is 1. The van der Waals surface area contributed by atoms with E-state index in [0.29, 0.717) is 6.54 Å². The maximum atomic E-state index is 5.48. The molecule has 0 aliphatic rings. The van der Waals surface area contributed by atoms with Gasteiger partial charge in [0, 0.05) is 20.6 Å². The minimum Gasteiger partial charge on any atom is -0.467 e. The maximum absolute atomic E-state index is 5.48. The summed E-state index contributed by atoms with van der Waals surface area (Å²) in [6, 6.07) is 8.35. The third-order valence-electron chi connectivity index (χ3n) is 1.76. The average Bonchev–Trinajstić information content (AvgIpc) is 2.05. The van der Waals surface area contributed by atoms with E-state index < -0.39 is 0 Å². The van der Waals surface area contributed by atoms with Crippen molar-refractivity contribution in [3.63, 3.8) is 0 Å². The highest BCUT2D eigenvalue weighted by atomic mass is 15.0. The van der Waals surface area contributed by atoms with Gasteiger partial charge in [0.2, 0.25) is 0 Å². The number of hydrogen-bond donors (Lipinski definition) is 2. The summed E-state index contributed by atoms with van der Waals surface area (Å²) in [6.07, 6.45) is 0. The van der Waals surface area contributed by atoms with Crippen LogP contribution in [-0.2, 0) is 13.1 Å². The van der Waals surface area contributed by atoms with Gasteiger partial charge in [0.15, 0.2) is 0 Å². The van der Waals surface area contributed by atoms with Gasteiger partial charge < -0.3 is 10.6 Å². The standard InChI is InChI=1S/C10H16N2.CH4.H2/c1-12(2)8-10-5-3-9(7-11)4-6-10;;/h3-6,12H,1,7-8,11H2,2H3;1H4;1H. The van der Waals surface area contributed by atoms with Crippen LogP contribution in [0.5, 0.6) is 0 Å². The molecule has 0 saturated heterocycles. The van der Waals surface area contributed by atoms with Crippen LogP contribution in [0.1, 0.15) is 20.0 Å². The molecule has 76 valence electrons. The fourth-order valence-electron chi connectivity index (χ4n) is 1.14. The first-order chi connectivity index (χ1) is 5.72. The third-order valence-corrected chi connectivity index (χ3v) is 1.76. The molecular weight excluding hydrogens is 160 g/mol. The SMILES string of the molecule is C.[CH2-][NH+](C)Cc1ccc(CN)cc1.[HH]. The second kappa shape index (κ2) is 5.73. The van der Waals surface area contributed by atoms with Gasteiger partial charge in [0.1, 0.15) is 0 Å². The van der Waals surface area contributed by atoms with Crippen molar-refractivity contribution in [3.05, 3.63) is 42.4 Å². The van der Waals surface area contributed by atoms with E-state index in [-0.39, 0.29) is 8.85 Å². The monoisotopic (exact) mass is 182 g/mol. The average molecular weight is 182 g/mol. The number of hydrogen-bond acceptors (Lipinski definition) is 1. The first-order valence-electron chi connectivity index (χ1n) is 4.14. The molecule has 0 bridgehead atoms. The van der Waals surface area contributed by atoms with Crippen molar-refractivity contribution in [3.8, 4) is 0 Å². The molecule has 3 N–H and O–H groups in total. The Kier molecular flexibility index (Phi) is 5.35. The highest BCUT2D eigenvalue weighted by Gasteiger charge is 1.94. The van der Waals surface area contributed by atoms with E-state index in [9.17, 15) is 0 Å². The van der Waals surface area contributed by atoms with E-state index in [1.54, 1.807) is 0 Å². The van der Waals surface area contributed by atoms with E-state index in [2.05, 4.69) is 31.3 Å². The van der Waals surface area contributed by atoms with Crippen LogP contribution in [0.25, 0.3) is 0 Å². The van der Waals surface area contributed by atoms with Gasteiger partial charge in [-0.05, 0) is 5.56 Å². The summed E-state index contributed by atoms with van der Waals surface area (Å²) >= 11 is 0. The topological polar surface area (TPSA) is 30.5 Å². The summed E-state index contributed by atoms with van der Waals surface area (Å²) in [5.74, 6) is 0. The molecule has 13 heavy (non-hydrogen) atoms. The molecule has 2 nitrogen and oxygen atoms in total. The van der Waals surface area contributed by atoms with Crippen LogP contribution in [-0.4, -0.2) is 7.05 Å². The predicted molar refractivity (Wildman–Crippen MR) is 59.1 cm³/mol. The predicted octanol–water partition coefficient (Wildman–Crippen LogP) is 0.834. The summed E-state index contributed by atoms with van der Waals surface area (Å²) in [5.41, 5.74) is 7.97. The van der Waals surface area contributed by atoms with Crippen molar-refractivity contribution < 1.29 is 6.33 Å². The Labute approximate surface area is 82.8 Å². The van der Waals surface area contributed by atoms with Gasteiger partial charge in [-0.2, -0.15) is 7.05 Å². The Bertz CT molecular complexity index is 232. The quantitative estimate of drug-likeness (QED) is 0.667. The molecule has 0 heterocycles. The van der Waals surface area contributed by atoms with Crippen molar-refractivity contribution in [2.75, 3.05) is 7.05 Å². The van der Waals surface area contributed by atoms with Crippen LogP contribution in [0, 0.1) is 7.05 Å². The minimum absolute atomic E-state index is 0. The van der Waals surface area contributed by atoms with E-state index in [4.69, 9.17) is 5.73 Å². The Balaban J connectivity index is 0. The highest BCUT2D eigenvalue weighted by Crippen LogP contribution is 2.01. The zero-order valence-corrected chi connectivity index (χ0v) is 7.51. The molecular formula is C11H22N2. The van der Waals surface area contributed by atoms with Gasteiger partial charge in [0.05, 0.1) is 6.54 Å². The summed E-state index contributed by atoms with van der Waals surface area (Å²) in [6.45, 7) is 1.58. The van der Waals surface area contributed by atoms with E-state index >= 15 is 0 Å². The zero-order valence-electron chi connectivity index (χ0n) is 7.51. The highest BCUT2D eigenvalue weighted by molar-refractivity contribution is 5.21. The lowest BCUT2D eigenvalue weighted by Crippen LogP contribution is -3.01. The third kappa shape index (κ3) is 4.06. The molecule has 1 atom stereocenters. The molecule has 2 heteroatoms. The molecule has 0 aliphatic heterocycles. The fourth-order valence-corrected chi connectivity index (χ4v) is 1.14. The van der Waals surface area contributed by atoms with Crippen molar-refractivity contribution in [2.45, 2.75) is 20.5 Å². The summed E-state index contributed by atoms with van der Waals surface area (Å²) in [5, 5.41) is 0. The van der Waals surface area contributed by atoms with Crippen LogP contribution in [0.3, 0.4) is 0 Å². The van der Waals surface area contributed by atoms with Crippen LogP contribution < -0.4 is 10.6 Å². The fraction of sp³-hybridized carbons (Fsp3) is 0.364. The number of nitrogens with two attached hydrogens (primary N) is 1. The van der Waals surface area contributed by atoms with Gasteiger partial charge in [-0.3, -0.25) is 0 Å². The summed E-state index contributed by atoms with van der Waals surface area (Å²) in [4.78, 5) is 1.19. The van der Waals surface area contributed by atoms with Gasteiger partial charge in [0.25, 0.3) is 0 Å². The lowest BCUT2D eigenvalue weighted by Gasteiger charge is -2.13. The van der Waals surface area contributed by atoms with Crippen LogP contribution in [0.2, 0.25) is 0 Å². The van der Waals surface area contributed by atoms with E-state index in [0.717, 1.165) is 6.54 Å². The first-order valence-corrected chi connectivity index (χ1v) is 4.14. The van der Waals surface area contributed by atoms with Crippen LogP contribution in [0.15, 0.2) is 24.3 Å². The largest absolute Gasteiger partial charge is 0.467 e. The molecule has 1 aromatic rings. The Morgan fingerprint density at radius 2 is 1.77 bits per heavy atom. The minimum atomic E-state index is 0. The van der Waals surface area contributed by atoms with E-state index in [1.807, 2.05) is 7.05 Å². The van der Waals surface area contributed by atoms with Crippen molar-refractivity contribution in [1.82, 2.24) is 0 Å². The molecule has 1 rings (SSSR count). The Morgan fingerprint density at radius 1 is 1.31 bits per heavy atom. The molecule has 1 aromatic carbocycles. The normalized spacial score (nSPS) is 11.9. The molecule has 0 aliphatic carbocycles. The van der Waals surface area contributed by atoms with Gasteiger partial charge in [-0.15, -0.1) is 0 Å². The lowest BCUT2D eigenvalue weighted by atomic mass is 10.1. The molecule has 0 aromatic heterocycles. The molecule has 1 unspecified atom stereocenters.